The highest BCUT2D eigenvalue weighted by Crippen LogP contribution is 2.28. The molecule has 13 amide bonds. The number of para-hydroxylation sites is 1. The van der Waals surface area contributed by atoms with Gasteiger partial charge in [-0.2, -0.15) is 0 Å². The number of carboxylic acid groups (broad SMARTS) is 1. The molecule has 0 spiro atoms. The van der Waals surface area contributed by atoms with Crippen LogP contribution in [-0.4, -0.2) is 291 Å². The normalized spacial score (nSPS) is 16.2. The van der Waals surface area contributed by atoms with Crippen LogP contribution in [0.25, 0.3) is 10.9 Å². The molecule has 2 aliphatic heterocycles. The summed E-state index contributed by atoms with van der Waals surface area (Å²) in [5.41, 5.74) is 20.2. The topological polar surface area (TPSA) is 532 Å². The number of phenolic OH excluding ortho intramolecular Hbond substituents is 1. The minimum atomic E-state index is -1.84. The highest BCUT2D eigenvalue weighted by atomic mass is 32.2. The van der Waals surface area contributed by atoms with Gasteiger partial charge in [0, 0.05) is 95.8 Å². The number of nitrogens with one attached hydrogen (secondary N) is 9. The zero-order chi connectivity index (χ0) is 96.4. The molecular formula is C92H122F3N17O19S. The van der Waals surface area contributed by atoms with Crippen molar-refractivity contribution in [2.24, 2.45) is 23.1 Å². The molecule has 36 nitrogen and oxygen atoms in total. The Morgan fingerprint density at radius 2 is 1.14 bits per heavy atom. The predicted molar refractivity (Wildman–Crippen MR) is 483 cm³/mol. The van der Waals surface area contributed by atoms with Crippen molar-refractivity contribution in [3.05, 3.63) is 173 Å². The number of aromatic hydroxyl groups is 1. The maximum atomic E-state index is 15.4. The molecule has 716 valence electrons. The van der Waals surface area contributed by atoms with E-state index in [9.17, 15) is 62.9 Å². The first-order valence-corrected chi connectivity index (χ1v) is 45.2. The van der Waals surface area contributed by atoms with Crippen LogP contribution in [0, 0.1) is 23.4 Å². The summed E-state index contributed by atoms with van der Waals surface area (Å²) in [4.78, 5) is 222. The number of aromatic nitrogens is 1. The van der Waals surface area contributed by atoms with Crippen molar-refractivity contribution in [2.45, 2.75) is 202 Å². The Labute approximate surface area is 767 Å². The Morgan fingerprint density at radius 1 is 0.598 bits per heavy atom. The van der Waals surface area contributed by atoms with Crippen molar-refractivity contribution in [2.75, 3.05) is 78.8 Å². The number of thioether (sulfide) groups is 1. The number of nitrogens with two attached hydrogens (primary N) is 3. The van der Waals surface area contributed by atoms with Crippen LogP contribution in [-0.2, 0) is 109 Å². The number of likely N-dealkylation sites (tertiary alicyclic amines) is 2. The van der Waals surface area contributed by atoms with E-state index in [4.69, 9.17) is 21.9 Å². The number of primary amides is 1. The molecule has 0 aliphatic carbocycles. The van der Waals surface area contributed by atoms with Crippen LogP contribution < -0.4 is 59.7 Å². The number of hydrogen-bond donors (Lipinski definition) is 15. The van der Waals surface area contributed by atoms with Gasteiger partial charge in [0.15, 0.2) is 17.5 Å². The number of amides is 13. The van der Waals surface area contributed by atoms with Crippen molar-refractivity contribution < 1.29 is 105 Å². The molecule has 132 heavy (non-hydrogen) atoms. The van der Waals surface area contributed by atoms with E-state index in [1.165, 1.54) is 60.1 Å². The fourth-order valence-corrected chi connectivity index (χ4v) is 16.7. The number of fused-ring (bicyclic) bond motifs is 1. The number of likely N-dealkylation sites (N-methyl/N-ethyl adjacent to an activating group) is 3. The van der Waals surface area contributed by atoms with E-state index in [-0.39, 0.29) is 120 Å². The monoisotopic (exact) mass is 1860 g/mol. The lowest BCUT2D eigenvalue weighted by Crippen LogP contribution is -2.60. The highest BCUT2D eigenvalue weighted by Gasteiger charge is 2.45. The molecule has 0 radical (unpaired) electrons. The second-order valence-electron chi connectivity index (χ2n) is 33.4. The Kier molecular flexibility index (Phi) is 41.4. The second-order valence-corrected chi connectivity index (χ2v) is 34.4. The number of aliphatic hydroxyl groups excluding tert-OH is 1. The molecule has 0 bridgehead atoms. The third-order valence-electron chi connectivity index (χ3n) is 23.2. The van der Waals surface area contributed by atoms with Gasteiger partial charge in [-0.05, 0) is 122 Å². The standard InChI is InChI=1S/C92H122F3N17O19S/c1-7-8-27-74(91(129)112-37-19-28-72(112)85(123)101-60(49-114)46-79(118)119)108(4)90(128)76(44-56-22-13-10-14-23-56)110(6)88(126)71(42-58-39-64(93)80(95)65(94)40-58)103-78(117)52-132-51-61(50-131-53-99-48-77(97)116)102-82(120)67(34-38-113)104-83(121)69(41-57-30-32-62(115)33-31-57)106-84(122)70(45-59-47-100-66-25-16-15-24-63(59)66)107-86(124)73-29-18-36-111(73)89(127)68(26-17-35-96)105-87(125)75(43-55-20-11-9-12-21-55)109(5)92(130)81(98)54(2)3/h9-16,20-25,30-33,39-40,47,49,54,60-61,67-76,81,99-100,113,115H,7-8,17-19,26-29,34-38,41-46,48,50-53,96,98H2,1-6H3,(H2,97,116)(H,101,123)(H,102,120)(H,103,117)(H,104,121)(H,105,125)(H,106,122)(H,107,124)(H,118,119)/t60-,61+,67-,68-,69-,70-,71-,72+,73+,74-,75-,76-,81-/m0/s1. The van der Waals surface area contributed by atoms with Gasteiger partial charge in [-0.25, -0.2) is 13.2 Å². The second kappa shape index (κ2) is 52.0. The number of ether oxygens (including phenoxy) is 1. The maximum Gasteiger partial charge on any atom is 0.305 e. The van der Waals surface area contributed by atoms with E-state index in [0.29, 0.717) is 71.0 Å². The number of nitrogens with zero attached hydrogens (tertiary/aromatic N) is 5. The van der Waals surface area contributed by atoms with Crippen LogP contribution in [0.5, 0.6) is 5.75 Å². The third-order valence-corrected chi connectivity index (χ3v) is 24.3. The fourth-order valence-electron chi connectivity index (χ4n) is 15.8. The first-order valence-electron chi connectivity index (χ1n) is 44.0. The van der Waals surface area contributed by atoms with Crippen LogP contribution in [0.4, 0.5) is 13.2 Å². The smallest absolute Gasteiger partial charge is 0.305 e. The van der Waals surface area contributed by atoms with Gasteiger partial charge < -0.3 is 109 Å². The Balaban J connectivity index is 1.03. The van der Waals surface area contributed by atoms with Gasteiger partial charge >= 0.3 is 5.97 Å². The van der Waals surface area contributed by atoms with E-state index in [2.05, 4.69) is 47.5 Å². The molecule has 3 heterocycles. The molecule has 0 saturated carbocycles. The van der Waals surface area contributed by atoms with Crippen molar-refractivity contribution in [1.82, 2.24) is 72.0 Å². The Bertz CT molecular complexity index is 4930. The Hall–Kier alpha value is -12.4. The van der Waals surface area contributed by atoms with Gasteiger partial charge in [-0.3, -0.25) is 72.4 Å². The van der Waals surface area contributed by atoms with Gasteiger partial charge in [-0.1, -0.05) is 125 Å². The van der Waals surface area contributed by atoms with Crippen molar-refractivity contribution in [1.29, 1.82) is 0 Å². The number of rotatable bonds is 53. The van der Waals surface area contributed by atoms with Crippen molar-refractivity contribution in [3.8, 4) is 5.75 Å². The number of aromatic amines is 1. The number of H-pyrrole nitrogens is 1. The zero-order valence-corrected chi connectivity index (χ0v) is 75.7. The molecule has 6 aromatic rings. The lowest BCUT2D eigenvalue weighted by atomic mass is 9.99. The molecule has 2 aliphatic rings. The lowest BCUT2D eigenvalue weighted by molar-refractivity contribution is -0.152. The van der Waals surface area contributed by atoms with Crippen LogP contribution in [0.1, 0.15) is 119 Å². The molecule has 2 fully saturated rings. The van der Waals surface area contributed by atoms with Crippen LogP contribution >= 0.6 is 11.8 Å². The molecule has 13 atom stereocenters. The number of phenols is 1. The molecule has 40 heteroatoms. The summed E-state index contributed by atoms with van der Waals surface area (Å²) in [5.74, 6) is -18.1. The van der Waals surface area contributed by atoms with Crippen LogP contribution in [0.3, 0.4) is 0 Å². The van der Waals surface area contributed by atoms with Gasteiger partial charge in [-0.15, -0.1) is 11.8 Å². The van der Waals surface area contributed by atoms with E-state index in [1.807, 2.05) is 6.92 Å². The number of carbonyl (C=O) groups excluding carboxylic acids is 14. The molecule has 18 N–H and O–H groups in total. The zero-order valence-electron chi connectivity index (χ0n) is 74.8. The van der Waals surface area contributed by atoms with Gasteiger partial charge in [0.25, 0.3) is 0 Å². The Morgan fingerprint density at radius 3 is 1.73 bits per heavy atom. The fraction of sp³-hybridized carbons (Fsp3) is 0.489. The number of aliphatic hydroxyl groups is 1. The largest absolute Gasteiger partial charge is 0.508 e. The third kappa shape index (κ3) is 30.6. The van der Waals surface area contributed by atoms with Crippen molar-refractivity contribution in [3.63, 3.8) is 0 Å². The molecule has 1 aromatic heterocycles. The van der Waals surface area contributed by atoms with Crippen molar-refractivity contribution >= 4 is 112 Å². The summed E-state index contributed by atoms with van der Waals surface area (Å²) < 4.78 is 50.6. The predicted octanol–water partition coefficient (Wildman–Crippen LogP) is 1.41. The van der Waals surface area contributed by atoms with Crippen LogP contribution in [0.15, 0.2) is 128 Å². The lowest BCUT2D eigenvalue weighted by Gasteiger charge is -2.38. The summed E-state index contributed by atoms with van der Waals surface area (Å²) in [6.07, 6.45) is 1.44. The number of aliphatic carboxylic acids is 1. The number of hydrogen-bond acceptors (Lipinski definition) is 22. The van der Waals surface area contributed by atoms with E-state index < -0.39 is 217 Å². The molecular weight excluding hydrogens is 1740 g/mol. The molecule has 2 saturated heterocycles. The highest BCUT2D eigenvalue weighted by molar-refractivity contribution is 8.00. The van der Waals surface area contributed by atoms with Gasteiger partial charge in [0.05, 0.1) is 50.2 Å². The summed E-state index contributed by atoms with van der Waals surface area (Å²) in [5, 5.41) is 52.5. The minimum Gasteiger partial charge on any atom is -0.508 e. The SMILES string of the molecule is CCCC[C@@H](C(=O)N1CCC[C@@H]1C(=O)N[C@H](C=O)CC(=O)O)N(C)C(=O)[C@H](Cc1ccccc1)N(C)C(=O)[C@H](Cc1cc(F)c(F)c(F)c1)NC(=O)CSC[C@@H](COCNCC(N)=O)NC(=O)[C@H](CCO)NC(=O)[C@H](Cc1ccc(O)cc1)NC(=O)[C@H](Cc1c[nH]c2ccccc12)NC(=O)[C@H]1CCCN1C(=O)[C@H](CCCN)NC(=O)[C@H](Cc1ccccc1)N(C)C(=O)[C@@H](N)C(C)C. The quantitative estimate of drug-likeness (QED) is 0.0111. The average Bonchev–Trinajstić information content (AvgIpc) is 1.55. The van der Waals surface area contributed by atoms with E-state index in [0.717, 1.165) is 21.6 Å². The summed E-state index contributed by atoms with van der Waals surface area (Å²) in [7, 11) is 4.03. The first kappa shape index (κ1) is 105. The molecule has 0 unspecified atom stereocenters. The number of unbranched alkanes of at least 4 members (excludes halogenated alkanes) is 1. The number of halogens is 3. The number of aldehydes is 1. The summed E-state index contributed by atoms with van der Waals surface area (Å²) in [6, 6.07) is 13.6. The number of benzene rings is 5. The number of carbonyl (C=O) groups is 15. The van der Waals surface area contributed by atoms with Gasteiger partial charge in [0.1, 0.15) is 72.5 Å². The summed E-state index contributed by atoms with van der Waals surface area (Å²) >= 11 is 0.840. The van der Waals surface area contributed by atoms with Crippen LogP contribution in [0.2, 0.25) is 0 Å². The number of carboxylic acids is 1. The minimum absolute atomic E-state index is 0.0348. The average molecular weight is 1860 g/mol. The molecule has 8 rings (SSSR count). The van der Waals surface area contributed by atoms with E-state index >= 15 is 37.5 Å². The maximum absolute atomic E-state index is 15.4. The van der Waals surface area contributed by atoms with Gasteiger partial charge in [0.2, 0.25) is 76.8 Å². The molecule has 5 aromatic carbocycles. The summed E-state index contributed by atoms with van der Waals surface area (Å²) in [6.45, 7) is 3.79. The van der Waals surface area contributed by atoms with E-state index in [1.54, 1.807) is 105 Å². The first-order chi connectivity index (χ1) is 63.1.